The van der Waals surface area contributed by atoms with Gasteiger partial charge in [-0.3, -0.25) is 24.1 Å². The SMILES string of the molecule is CC[C@H](C)[C@@H]([C@@H](CC(=O)N1CCC[C@H]1[C@H](OC)[C@@H](C)C(=O)NC(Cc1ccccc1)C(=O)O)OC)N(C)C(=O)[C@@H](NC(=O)[C@H](C(C)C)N(C)CC)C(C)C. The number of nitrogens with zero attached hydrogens (tertiary/aromatic N) is 3. The lowest BCUT2D eigenvalue weighted by Gasteiger charge is -2.41. The van der Waals surface area contributed by atoms with Gasteiger partial charge in [0, 0.05) is 34.2 Å². The first-order valence-corrected chi connectivity index (χ1v) is 19.6. The van der Waals surface area contributed by atoms with E-state index in [0.717, 1.165) is 12.0 Å². The Labute approximate surface area is 323 Å². The lowest BCUT2D eigenvalue weighted by molar-refractivity contribution is -0.148. The van der Waals surface area contributed by atoms with Crippen LogP contribution in [0.15, 0.2) is 30.3 Å². The van der Waals surface area contributed by atoms with E-state index in [-0.39, 0.29) is 48.3 Å². The summed E-state index contributed by atoms with van der Waals surface area (Å²) in [6, 6.07) is 5.91. The third-order valence-corrected chi connectivity index (χ3v) is 11.3. The standard InChI is InChI=1S/C41H69N5O8/c1-13-27(7)36(45(10)40(50)34(25(3)4)43-39(49)35(26(5)6)44(9)14-2)32(53-11)24-33(47)46-22-18-21-31(46)37(54-12)28(8)38(48)42-30(41(51)52)23-29-19-16-15-17-20-29/h15-17,19-20,25-28,30-32,34-37H,13-14,18,21-24H2,1-12H3,(H,42,48)(H,43,49)(H,51,52)/t27-,28+,30?,31-,32+,34-,35-,36-,37+/m0/s1. The Morgan fingerprint density at radius 2 is 1.54 bits per heavy atom. The molecular formula is C41H69N5O8. The molecule has 1 aromatic rings. The molecule has 0 aromatic heterocycles. The predicted molar refractivity (Wildman–Crippen MR) is 210 cm³/mol. The van der Waals surface area contributed by atoms with Crippen molar-refractivity contribution in [2.45, 2.75) is 130 Å². The highest BCUT2D eigenvalue weighted by atomic mass is 16.5. The molecule has 13 nitrogen and oxygen atoms in total. The van der Waals surface area contributed by atoms with Crippen LogP contribution in [0.4, 0.5) is 0 Å². The summed E-state index contributed by atoms with van der Waals surface area (Å²) in [6.45, 7) is 16.7. The fourth-order valence-corrected chi connectivity index (χ4v) is 7.84. The number of rotatable bonds is 22. The number of amides is 4. The number of benzene rings is 1. The molecule has 0 aliphatic carbocycles. The molecular weight excluding hydrogens is 690 g/mol. The van der Waals surface area contributed by atoms with Crippen LogP contribution >= 0.6 is 0 Å². The van der Waals surface area contributed by atoms with Crippen molar-refractivity contribution in [3.8, 4) is 0 Å². The lowest BCUT2D eigenvalue weighted by Crippen LogP contribution is -2.60. The van der Waals surface area contributed by atoms with E-state index in [2.05, 4.69) is 10.6 Å². The number of carboxylic acid groups (broad SMARTS) is 1. The number of aliphatic carboxylic acids is 1. The van der Waals surface area contributed by atoms with Gasteiger partial charge in [0.05, 0.1) is 42.7 Å². The fraction of sp³-hybridized carbons (Fsp3) is 0.732. The molecule has 0 spiro atoms. The van der Waals surface area contributed by atoms with Crippen molar-refractivity contribution in [3.63, 3.8) is 0 Å². The number of nitrogens with one attached hydrogen (secondary N) is 2. The van der Waals surface area contributed by atoms with Crippen molar-refractivity contribution in [3.05, 3.63) is 35.9 Å². The molecule has 306 valence electrons. The number of likely N-dealkylation sites (tertiary alicyclic amines) is 1. The Morgan fingerprint density at radius 3 is 2.04 bits per heavy atom. The van der Waals surface area contributed by atoms with Gasteiger partial charge in [-0.2, -0.15) is 0 Å². The van der Waals surface area contributed by atoms with Gasteiger partial charge in [0.25, 0.3) is 0 Å². The molecule has 1 aliphatic heterocycles. The predicted octanol–water partition coefficient (Wildman–Crippen LogP) is 3.84. The average molecular weight is 760 g/mol. The molecule has 4 amide bonds. The summed E-state index contributed by atoms with van der Waals surface area (Å²) in [5.41, 5.74) is 0.786. The van der Waals surface area contributed by atoms with Crippen LogP contribution in [0.3, 0.4) is 0 Å². The van der Waals surface area contributed by atoms with Crippen LogP contribution in [0.2, 0.25) is 0 Å². The molecule has 1 heterocycles. The molecule has 1 fully saturated rings. The van der Waals surface area contributed by atoms with E-state index >= 15 is 0 Å². The molecule has 1 unspecified atom stereocenters. The summed E-state index contributed by atoms with van der Waals surface area (Å²) in [5, 5.41) is 15.6. The number of methoxy groups -OCH3 is 2. The Kier molecular flexibility index (Phi) is 19.1. The molecule has 9 atom stereocenters. The van der Waals surface area contributed by atoms with Gasteiger partial charge in [-0.15, -0.1) is 0 Å². The van der Waals surface area contributed by atoms with Crippen LogP contribution in [0.25, 0.3) is 0 Å². The largest absolute Gasteiger partial charge is 0.480 e. The lowest BCUT2D eigenvalue weighted by atomic mass is 9.89. The molecule has 1 aromatic carbocycles. The first kappa shape index (κ1) is 46.6. The summed E-state index contributed by atoms with van der Waals surface area (Å²) in [5.74, 6) is -3.18. The first-order valence-electron chi connectivity index (χ1n) is 19.6. The van der Waals surface area contributed by atoms with Crippen LogP contribution in [0, 0.1) is 23.7 Å². The molecule has 0 saturated carbocycles. The summed E-state index contributed by atoms with van der Waals surface area (Å²) in [7, 11) is 6.66. The van der Waals surface area contributed by atoms with Gasteiger partial charge < -0.3 is 35.0 Å². The fourth-order valence-electron chi connectivity index (χ4n) is 7.84. The third kappa shape index (κ3) is 12.2. The van der Waals surface area contributed by atoms with E-state index in [0.29, 0.717) is 25.9 Å². The third-order valence-electron chi connectivity index (χ3n) is 11.3. The van der Waals surface area contributed by atoms with Gasteiger partial charge in [0.1, 0.15) is 12.1 Å². The minimum Gasteiger partial charge on any atom is -0.480 e. The highest BCUT2D eigenvalue weighted by Crippen LogP contribution is 2.30. The molecule has 0 bridgehead atoms. The second-order valence-electron chi connectivity index (χ2n) is 15.7. The monoisotopic (exact) mass is 760 g/mol. The van der Waals surface area contributed by atoms with Crippen molar-refractivity contribution in [1.82, 2.24) is 25.3 Å². The minimum atomic E-state index is -1.14. The van der Waals surface area contributed by atoms with Crippen LogP contribution in [0.5, 0.6) is 0 Å². The van der Waals surface area contributed by atoms with E-state index in [1.807, 2.05) is 90.7 Å². The number of hydrogen-bond donors (Lipinski definition) is 3. The smallest absolute Gasteiger partial charge is 0.326 e. The van der Waals surface area contributed by atoms with E-state index in [9.17, 15) is 29.1 Å². The van der Waals surface area contributed by atoms with Gasteiger partial charge in [0.2, 0.25) is 23.6 Å². The Morgan fingerprint density at radius 1 is 0.907 bits per heavy atom. The minimum absolute atomic E-state index is 0.00970. The number of carbonyl (C=O) groups is 5. The molecule has 2 rings (SSSR count). The zero-order valence-corrected chi connectivity index (χ0v) is 34.8. The maximum absolute atomic E-state index is 14.3. The van der Waals surface area contributed by atoms with E-state index in [4.69, 9.17) is 9.47 Å². The molecule has 54 heavy (non-hydrogen) atoms. The second-order valence-corrected chi connectivity index (χ2v) is 15.7. The van der Waals surface area contributed by atoms with Crippen LogP contribution in [0.1, 0.15) is 86.6 Å². The second kappa shape index (κ2) is 22.1. The Hall–Kier alpha value is -3.55. The number of likely N-dealkylation sites (N-methyl/N-ethyl adjacent to an activating group) is 2. The molecule has 13 heteroatoms. The number of hydrogen-bond acceptors (Lipinski definition) is 8. The van der Waals surface area contributed by atoms with Gasteiger partial charge in [0.15, 0.2) is 0 Å². The van der Waals surface area contributed by atoms with Crippen molar-refractivity contribution >= 4 is 29.6 Å². The van der Waals surface area contributed by atoms with E-state index in [1.165, 1.54) is 7.11 Å². The molecule has 1 saturated heterocycles. The van der Waals surface area contributed by atoms with Crippen molar-refractivity contribution < 1.29 is 38.6 Å². The summed E-state index contributed by atoms with van der Waals surface area (Å²) in [6.07, 6.45) is 0.821. The van der Waals surface area contributed by atoms with Crippen molar-refractivity contribution in [2.24, 2.45) is 23.7 Å². The highest BCUT2D eigenvalue weighted by Gasteiger charge is 2.43. The van der Waals surface area contributed by atoms with Crippen LogP contribution in [-0.4, -0.2) is 133 Å². The highest BCUT2D eigenvalue weighted by molar-refractivity contribution is 5.90. The Balaban J connectivity index is 2.28. The van der Waals surface area contributed by atoms with Gasteiger partial charge >= 0.3 is 5.97 Å². The maximum Gasteiger partial charge on any atom is 0.326 e. The topological polar surface area (TPSA) is 158 Å². The van der Waals surface area contributed by atoms with Crippen LogP contribution in [-0.2, 0) is 39.9 Å². The van der Waals surface area contributed by atoms with Crippen molar-refractivity contribution in [2.75, 3.05) is 41.4 Å². The number of carboxylic acids is 1. The number of carbonyl (C=O) groups excluding carboxylic acids is 4. The van der Waals surface area contributed by atoms with Gasteiger partial charge in [-0.1, -0.05) is 92.1 Å². The summed E-state index contributed by atoms with van der Waals surface area (Å²) in [4.78, 5) is 73.0. The van der Waals surface area contributed by atoms with E-state index in [1.54, 1.807) is 30.9 Å². The summed E-state index contributed by atoms with van der Waals surface area (Å²) < 4.78 is 11.9. The normalized spacial score (nSPS) is 19.1. The average Bonchev–Trinajstić information content (AvgIpc) is 3.62. The first-order chi connectivity index (χ1) is 25.4. The summed E-state index contributed by atoms with van der Waals surface area (Å²) >= 11 is 0. The number of ether oxygens (including phenoxy) is 2. The molecule has 0 radical (unpaired) electrons. The quantitative estimate of drug-likeness (QED) is 0.160. The Bertz CT molecular complexity index is 1360. The molecule has 3 N–H and O–H groups in total. The van der Waals surface area contributed by atoms with Gasteiger partial charge in [-0.25, -0.2) is 4.79 Å². The van der Waals surface area contributed by atoms with Gasteiger partial charge in [-0.05, 0) is 49.8 Å². The maximum atomic E-state index is 14.3. The zero-order chi connectivity index (χ0) is 40.9. The van der Waals surface area contributed by atoms with Crippen molar-refractivity contribution in [1.29, 1.82) is 0 Å². The van der Waals surface area contributed by atoms with E-state index < -0.39 is 60.2 Å². The zero-order valence-electron chi connectivity index (χ0n) is 34.8. The molecule has 1 aliphatic rings. The van der Waals surface area contributed by atoms with Crippen LogP contribution < -0.4 is 10.6 Å².